The summed E-state index contributed by atoms with van der Waals surface area (Å²) in [5.74, 6) is -0.222. The van der Waals surface area contributed by atoms with Crippen LogP contribution in [0.2, 0.25) is 0 Å². The number of hydrogen-bond donors (Lipinski definition) is 1. The van der Waals surface area contributed by atoms with E-state index in [1.807, 2.05) is 25.1 Å². The largest absolute Gasteiger partial charge is 0.369 e. The fourth-order valence-electron chi connectivity index (χ4n) is 2.07. The molecule has 2 N–H and O–H groups in total. The topological polar surface area (TPSA) is 79.5 Å². The lowest BCUT2D eigenvalue weighted by molar-refractivity contribution is -0.123. The number of aromatic nitrogens is 1. The van der Waals surface area contributed by atoms with Crippen molar-refractivity contribution in [1.29, 1.82) is 0 Å². The normalized spacial score (nSPS) is 19.1. The van der Waals surface area contributed by atoms with E-state index in [4.69, 9.17) is 5.73 Å². The molecule has 0 bridgehead atoms. The molecule has 1 saturated heterocycles. The average Bonchev–Trinajstić information content (AvgIpc) is 2.71. The van der Waals surface area contributed by atoms with Crippen LogP contribution in [0.4, 0.5) is 11.5 Å². The minimum atomic E-state index is -0.429. The molecule has 0 aliphatic carbocycles. The first-order chi connectivity index (χ1) is 8.50. The van der Waals surface area contributed by atoms with Gasteiger partial charge in [-0.15, -0.1) is 0 Å². The van der Waals surface area contributed by atoms with Gasteiger partial charge in [-0.2, -0.15) is 0 Å². The van der Waals surface area contributed by atoms with Gasteiger partial charge in [0.2, 0.25) is 11.8 Å². The summed E-state index contributed by atoms with van der Waals surface area (Å²) < 4.78 is 0. The molecule has 0 radical (unpaired) electrons. The first kappa shape index (κ1) is 12.3. The Morgan fingerprint density at radius 2 is 2.28 bits per heavy atom. The van der Waals surface area contributed by atoms with Crippen LogP contribution in [-0.4, -0.2) is 37.4 Å². The van der Waals surface area contributed by atoms with E-state index < -0.39 is 11.8 Å². The number of nitrogens with zero attached hydrogens (tertiary/aromatic N) is 3. The molecule has 1 aromatic heterocycles. The van der Waals surface area contributed by atoms with Gasteiger partial charge in [0, 0.05) is 33.3 Å². The Kier molecular flexibility index (Phi) is 3.18. The summed E-state index contributed by atoms with van der Waals surface area (Å²) in [5, 5.41) is 0. The molecule has 1 aliphatic heterocycles. The van der Waals surface area contributed by atoms with Crippen molar-refractivity contribution in [3.8, 4) is 0 Å². The molecule has 2 rings (SSSR count). The summed E-state index contributed by atoms with van der Waals surface area (Å²) in [6, 6.07) is 3.59. The molecule has 0 spiro atoms. The molecule has 0 aromatic carbocycles. The van der Waals surface area contributed by atoms with Crippen molar-refractivity contribution in [2.75, 3.05) is 30.4 Å². The van der Waals surface area contributed by atoms with Crippen LogP contribution in [0.3, 0.4) is 0 Å². The number of amides is 2. The average molecular weight is 248 g/mol. The highest BCUT2D eigenvalue weighted by Crippen LogP contribution is 2.30. The Bertz CT molecular complexity index is 487. The van der Waals surface area contributed by atoms with Gasteiger partial charge in [-0.3, -0.25) is 9.59 Å². The van der Waals surface area contributed by atoms with Crippen molar-refractivity contribution in [2.24, 2.45) is 11.7 Å². The fraction of sp³-hybridized carbons (Fsp3) is 0.417. The highest BCUT2D eigenvalue weighted by molar-refractivity contribution is 6.01. The van der Waals surface area contributed by atoms with Crippen LogP contribution in [0.25, 0.3) is 0 Å². The first-order valence-corrected chi connectivity index (χ1v) is 5.72. The monoisotopic (exact) mass is 248 g/mol. The molecular weight excluding hydrogens is 232 g/mol. The molecule has 1 fully saturated rings. The van der Waals surface area contributed by atoms with Gasteiger partial charge < -0.3 is 15.5 Å². The van der Waals surface area contributed by atoms with Gasteiger partial charge in [-0.1, -0.05) is 0 Å². The number of rotatable bonds is 3. The molecule has 1 aromatic rings. The molecule has 96 valence electrons. The SMILES string of the molecule is CN(C)c1ncccc1N1CC(C(N)=O)CC1=O. The first-order valence-electron chi connectivity index (χ1n) is 5.72. The molecule has 6 nitrogen and oxygen atoms in total. The van der Waals surface area contributed by atoms with Crippen molar-refractivity contribution >= 4 is 23.3 Å². The molecule has 2 amide bonds. The lowest BCUT2D eigenvalue weighted by Crippen LogP contribution is -2.29. The molecular formula is C12H16N4O2. The quantitative estimate of drug-likeness (QED) is 0.815. The number of pyridine rings is 1. The summed E-state index contributed by atoms with van der Waals surface area (Å²) in [5.41, 5.74) is 5.97. The van der Waals surface area contributed by atoms with E-state index in [1.54, 1.807) is 17.2 Å². The van der Waals surface area contributed by atoms with E-state index in [1.165, 1.54) is 0 Å². The van der Waals surface area contributed by atoms with Gasteiger partial charge in [0.15, 0.2) is 5.82 Å². The minimum absolute atomic E-state index is 0.0881. The number of hydrogen-bond acceptors (Lipinski definition) is 4. The highest BCUT2D eigenvalue weighted by Gasteiger charge is 2.35. The maximum absolute atomic E-state index is 11.9. The number of carbonyl (C=O) groups excluding carboxylic acids is 2. The number of primary amides is 1. The Hall–Kier alpha value is -2.11. The maximum atomic E-state index is 11.9. The summed E-state index contributed by atoms with van der Waals surface area (Å²) >= 11 is 0. The van der Waals surface area contributed by atoms with Crippen LogP contribution in [0, 0.1) is 5.92 Å². The van der Waals surface area contributed by atoms with Crippen LogP contribution >= 0.6 is 0 Å². The summed E-state index contributed by atoms with van der Waals surface area (Å²) in [7, 11) is 3.72. The highest BCUT2D eigenvalue weighted by atomic mass is 16.2. The van der Waals surface area contributed by atoms with Crippen LogP contribution in [-0.2, 0) is 9.59 Å². The molecule has 1 atom stereocenters. The maximum Gasteiger partial charge on any atom is 0.227 e. The van der Waals surface area contributed by atoms with E-state index in [0.29, 0.717) is 12.4 Å². The minimum Gasteiger partial charge on any atom is -0.369 e. The summed E-state index contributed by atoms with van der Waals surface area (Å²) in [6.45, 7) is 0.334. The predicted octanol–water partition coefficient (Wildman–Crippen LogP) is -0.0142. The second-order valence-electron chi connectivity index (χ2n) is 4.55. The lowest BCUT2D eigenvalue weighted by atomic mass is 10.1. The van der Waals surface area contributed by atoms with Gasteiger partial charge >= 0.3 is 0 Å². The van der Waals surface area contributed by atoms with E-state index >= 15 is 0 Å². The zero-order valence-corrected chi connectivity index (χ0v) is 10.5. The van der Waals surface area contributed by atoms with Gasteiger partial charge in [0.1, 0.15) is 0 Å². The number of nitrogens with two attached hydrogens (primary N) is 1. The molecule has 2 heterocycles. The molecule has 6 heteroatoms. The Morgan fingerprint density at radius 3 is 2.83 bits per heavy atom. The van der Waals surface area contributed by atoms with Crippen molar-refractivity contribution < 1.29 is 9.59 Å². The van der Waals surface area contributed by atoms with Gasteiger partial charge in [0.05, 0.1) is 11.6 Å². The number of carbonyl (C=O) groups is 2. The van der Waals surface area contributed by atoms with Crippen LogP contribution in [0.1, 0.15) is 6.42 Å². The van der Waals surface area contributed by atoms with Crippen molar-refractivity contribution in [3.63, 3.8) is 0 Å². The van der Waals surface area contributed by atoms with Crippen LogP contribution in [0.15, 0.2) is 18.3 Å². The van der Waals surface area contributed by atoms with Crippen molar-refractivity contribution in [2.45, 2.75) is 6.42 Å². The smallest absolute Gasteiger partial charge is 0.227 e. The Balaban J connectivity index is 2.33. The predicted molar refractivity (Wildman–Crippen MR) is 68.2 cm³/mol. The van der Waals surface area contributed by atoms with Crippen molar-refractivity contribution in [1.82, 2.24) is 4.98 Å². The van der Waals surface area contributed by atoms with Gasteiger partial charge in [-0.25, -0.2) is 4.98 Å². The van der Waals surface area contributed by atoms with Crippen LogP contribution in [0.5, 0.6) is 0 Å². The van der Waals surface area contributed by atoms with Gasteiger partial charge in [-0.05, 0) is 12.1 Å². The second kappa shape index (κ2) is 4.64. The fourth-order valence-corrected chi connectivity index (χ4v) is 2.07. The summed E-state index contributed by atoms with van der Waals surface area (Å²) in [4.78, 5) is 30.8. The zero-order valence-electron chi connectivity index (χ0n) is 10.5. The molecule has 1 aliphatic rings. The van der Waals surface area contributed by atoms with E-state index in [9.17, 15) is 9.59 Å². The Labute approximate surface area is 105 Å². The van der Waals surface area contributed by atoms with E-state index in [2.05, 4.69) is 4.98 Å². The van der Waals surface area contributed by atoms with Gasteiger partial charge in [0.25, 0.3) is 0 Å². The number of anilines is 2. The standard InChI is InChI=1S/C12H16N4O2/c1-15(2)12-9(4-3-5-14-12)16-7-8(11(13)18)6-10(16)17/h3-5,8H,6-7H2,1-2H3,(H2,13,18). The third-order valence-corrected chi connectivity index (χ3v) is 3.01. The molecule has 0 saturated carbocycles. The van der Waals surface area contributed by atoms with Crippen LogP contribution < -0.4 is 15.5 Å². The lowest BCUT2D eigenvalue weighted by Gasteiger charge is -2.22. The molecule has 1 unspecified atom stereocenters. The zero-order chi connectivity index (χ0) is 13.3. The Morgan fingerprint density at radius 1 is 1.56 bits per heavy atom. The van der Waals surface area contributed by atoms with Crippen molar-refractivity contribution in [3.05, 3.63) is 18.3 Å². The van der Waals surface area contributed by atoms with E-state index in [-0.39, 0.29) is 12.3 Å². The summed E-state index contributed by atoms with van der Waals surface area (Å²) in [6.07, 6.45) is 1.85. The second-order valence-corrected chi connectivity index (χ2v) is 4.55. The third-order valence-electron chi connectivity index (χ3n) is 3.01. The third kappa shape index (κ3) is 2.13. The van der Waals surface area contributed by atoms with E-state index in [0.717, 1.165) is 5.69 Å². The molecule has 18 heavy (non-hydrogen) atoms.